The van der Waals surface area contributed by atoms with Crippen LogP contribution in [-0.2, 0) is 13.6 Å². The van der Waals surface area contributed by atoms with Crippen molar-refractivity contribution in [2.75, 3.05) is 41.3 Å². The van der Waals surface area contributed by atoms with Gasteiger partial charge in [-0.1, -0.05) is 18.2 Å². The second-order valence-corrected chi connectivity index (χ2v) is 10.2. The van der Waals surface area contributed by atoms with Gasteiger partial charge in [-0.05, 0) is 12.1 Å². The van der Waals surface area contributed by atoms with Crippen molar-refractivity contribution >= 4 is 21.2 Å². The molecule has 0 atom stereocenters. The van der Waals surface area contributed by atoms with Gasteiger partial charge in [-0.3, -0.25) is 0 Å². The zero-order valence-electron chi connectivity index (χ0n) is 11.5. The monoisotopic (exact) mass is 277 g/mol. The molecule has 17 heavy (non-hydrogen) atoms. The van der Waals surface area contributed by atoms with Crippen LogP contribution in [-0.4, -0.2) is 41.3 Å². The summed E-state index contributed by atoms with van der Waals surface area (Å²) in [7, 11) is 2.80. The number of hydrogen-bond donors (Lipinski definition) is 0. The highest BCUT2D eigenvalue weighted by Gasteiger charge is 2.19. The molecule has 0 saturated carbocycles. The predicted octanol–water partition coefficient (Wildman–Crippen LogP) is 3.37. The molecule has 0 N–H and O–H groups in total. The van der Waals surface area contributed by atoms with Gasteiger partial charge in [-0.2, -0.15) is 0 Å². The summed E-state index contributed by atoms with van der Waals surface area (Å²) in [5.41, 5.74) is 0. The molecular weight excluding hydrogens is 254 g/mol. The molecule has 0 aliphatic rings. The SMILES string of the molecule is COP(OC)OC.C[P+](C)(C)c1ccccc1. The van der Waals surface area contributed by atoms with Crippen LogP contribution in [0.25, 0.3) is 0 Å². The molecule has 5 heteroatoms. The average molecular weight is 277 g/mol. The van der Waals surface area contributed by atoms with Gasteiger partial charge >= 0.3 is 8.60 Å². The maximum Gasteiger partial charge on any atom is 0.331 e. The standard InChI is InChI=1S/C9H14P.C3H9O3P/c1-10(2,3)9-7-5-4-6-8-9;1-4-7(5-2)6-3/h4-8H,1-3H3;1-3H3/q+1;. The summed E-state index contributed by atoms with van der Waals surface area (Å²) in [5.74, 6) is 0. The molecule has 0 amide bonds. The summed E-state index contributed by atoms with van der Waals surface area (Å²) in [6, 6.07) is 10.7. The van der Waals surface area contributed by atoms with Crippen LogP contribution in [0.4, 0.5) is 0 Å². The van der Waals surface area contributed by atoms with Crippen molar-refractivity contribution in [3.05, 3.63) is 30.3 Å². The van der Waals surface area contributed by atoms with Crippen molar-refractivity contribution in [1.29, 1.82) is 0 Å². The molecule has 0 bridgehead atoms. The molecule has 1 rings (SSSR count). The summed E-state index contributed by atoms with van der Waals surface area (Å²) >= 11 is 0. The van der Waals surface area contributed by atoms with Gasteiger partial charge in [-0.15, -0.1) is 0 Å². The molecule has 0 unspecified atom stereocenters. The second-order valence-electron chi connectivity index (χ2n) is 4.12. The van der Waals surface area contributed by atoms with E-state index in [4.69, 9.17) is 0 Å². The van der Waals surface area contributed by atoms with Crippen LogP contribution >= 0.6 is 15.9 Å². The van der Waals surface area contributed by atoms with Gasteiger partial charge in [0.25, 0.3) is 0 Å². The quantitative estimate of drug-likeness (QED) is 0.790. The van der Waals surface area contributed by atoms with Crippen LogP contribution in [0.2, 0.25) is 0 Å². The Hall–Kier alpha value is -0.0400. The van der Waals surface area contributed by atoms with Gasteiger partial charge in [0.05, 0.1) is 25.3 Å². The van der Waals surface area contributed by atoms with Gasteiger partial charge < -0.3 is 13.6 Å². The van der Waals surface area contributed by atoms with Gasteiger partial charge in [-0.25, -0.2) is 0 Å². The van der Waals surface area contributed by atoms with E-state index in [-0.39, 0.29) is 0 Å². The van der Waals surface area contributed by atoms with Crippen molar-refractivity contribution < 1.29 is 13.6 Å². The molecule has 0 saturated heterocycles. The summed E-state index contributed by atoms with van der Waals surface area (Å²) in [5, 5.41) is 1.51. The Morgan fingerprint density at radius 3 is 1.41 bits per heavy atom. The Kier molecular flexibility index (Phi) is 8.94. The van der Waals surface area contributed by atoms with E-state index in [2.05, 4.69) is 63.9 Å². The summed E-state index contributed by atoms with van der Waals surface area (Å²) < 4.78 is 14.0. The highest BCUT2D eigenvalue weighted by molar-refractivity contribution is 7.80. The molecular formula is C12H23O3P2+. The number of hydrogen-bond acceptors (Lipinski definition) is 3. The fourth-order valence-electron chi connectivity index (χ4n) is 1.10. The largest absolute Gasteiger partial charge is 0.331 e. The molecule has 1 aromatic rings. The van der Waals surface area contributed by atoms with Crippen LogP contribution in [0.3, 0.4) is 0 Å². The first kappa shape index (κ1) is 17.0. The van der Waals surface area contributed by atoms with Crippen LogP contribution in [0, 0.1) is 0 Å². The lowest BCUT2D eigenvalue weighted by molar-refractivity contribution is 0.239. The summed E-state index contributed by atoms with van der Waals surface area (Å²) in [6.45, 7) is 7.01. The molecule has 0 aliphatic carbocycles. The van der Waals surface area contributed by atoms with Crippen molar-refractivity contribution in [3.8, 4) is 0 Å². The lowest BCUT2D eigenvalue weighted by atomic mass is 10.4. The second kappa shape index (κ2) is 8.97. The first-order chi connectivity index (χ1) is 7.95. The fourth-order valence-corrected chi connectivity index (χ4v) is 2.61. The number of benzene rings is 1. The highest BCUT2D eigenvalue weighted by Crippen LogP contribution is 2.44. The van der Waals surface area contributed by atoms with E-state index in [1.165, 1.54) is 5.30 Å². The van der Waals surface area contributed by atoms with E-state index < -0.39 is 15.9 Å². The van der Waals surface area contributed by atoms with Crippen molar-refractivity contribution in [2.45, 2.75) is 0 Å². The maximum absolute atomic E-state index is 4.67. The van der Waals surface area contributed by atoms with Crippen molar-refractivity contribution in [2.24, 2.45) is 0 Å². The maximum atomic E-state index is 4.67. The van der Waals surface area contributed by atoms with Gasteiger partial charge in [0.1, 0.15) is 0 Å². The van der Waals surface area contributed by atoms with Crippen molar-refractivity contribution in [3.63, 3.8) is 0 Å². The number of rotatable bonds is 4. The normalized spacial score (nSPS) is 11.0. The van der Waals surface area contributed by atoms with Crippen LogP contribution in [0.1, 0.15) is 0 Å². The van der Waals surface area contributed by atoms with E-state index >= 15 is 0 Å². The summed E-state index contributed by atoms with van der Waals surface area (Å²) in [6.07, 6.45) is 0. The van der Waals surface area contributed by atoms with Crippen molar-refractivity contribution in [1.82, 2.24) is 0 Å². The minimum absolute atomic E-state index is 0.768. The minimum atomic E-state index is -1.05. The molecule has 3 nitrogen and oxygen atoms in total. The molecule has 1 aromatic carbocycles. The molecule has 98 valence electrons. The Bertz CT molecular complexity index is 276. The lowest BCUT2D eigenvalue weighted by Gasteiger charge is -2.10. The Labute approximate surface area is 107 Å². The van der Waals surface area contributed by atoms with E-state index in [0.717, 1.165) is 0 Å². The van der Waals surface area contributed by atoms with E-state index in [1.807, 2.05) is 0 Å². The third-order valence-corrected chi connectivity index (χ3v) is 4.72. The fraction of sp³-hybridized carbons (Fsp3) is 0.500. The third kappa shape index (κ3) is 7.81. The molecule has 0 aromatic heterocycles. The zero-order chi connectivity index (χ0) is 13.3. The van der Waals surface area contributed by atoms with Crippen LogP contribution in [0.15, 0.2) is 30.3 Å². The van der Waals surface area contributed by atoms with E-state index in [1.54, 1.807) is 21.3 Å². The highest BCUT2D eigenvalue weighted by atomic mass is 31.2. The van der Waals surface area contributed by atoms with E-state index in [0.29, 0.717) is 0 Å². The molecule has 0 radical (unpaired) electrons. The lowest BCUT2D eigenvalue weighted by Crippen LogP contribution is -2.05. The molecule has 0 fully saturated rings. The first-order valence-corrected chi connectivity index (χ1v) is 9.47. The van der Waals surface area contributed by atoms with Gasteiger partial charge in [0.15, 0.2) is 0 Å². The zero-order valence-corrected chi connectivity index (χ0v) is 13.3. The third-order valence-electron chi connectivity index (χ3n) is 1.98. The topological polar surface area (TPSA) is 27.7 Å². The van der Waals surface area contributed by atoms with Crippen LogP contribution in [0.5, 0.6) is 0 Å². The Morgan fingerprint density at radius 2 is 1.24 bits per heavy atom. The van der Waals surface area contributed by atoms with Crippen LogP contribution < -0.4 is 5.30 Å². The van der Waals surface area contributed by atoms with E-state index in [9.17, 15) is 0 Å². The average Bonchev–Trinajstić information content (AvgIpc) is 2.32. The van der Waals surface area contributed by atoms with Gasteiger partial charge in [0.2, 0.25) is 0 Å². The molecule has 0 spiro atoms. The van der Waals surface area contributed by atoms with Gasteiger partial charge in [0, 0.05) is 28.6 Å². The molecule has 0 aliphatic heterocycles. The Morgan fingerprint density at radius 1 is 0.824 bits per heavy atom. The minimum Gasteiger partial charge on any atom is -0.316 e. The first-order valence-electron chi connectivity index (χ1n) is 5.25. The summed E-state index contributed by atoms with van der Waals surface area (Å²) in [4.78, 5) is 0. The predicted molar refractivity (Wildman–Crippen MR) is 78.7 cm³/mol. The molecule has 0 heterocycles. The smallest absolute Gasteiger partial charge is 0.316 e. The Balaban J connectivity index is 0.000000325.